The predicted octanol–water partition coefficient (Wildman–Crippen LogP) is 2.15. The summed E-state index contributed by atoms with van der Waals surface area (Å²) < 4.78 is 5.63. The van der Waals surface area contributed by atoms with Crippen molar-refractivity contribution in [2.75, 3.05) is 31.6 Å². The van der Waals surface area contributed by atoms with E-state index in [0.29, 0.717) is 18.8 Å². The number of anilines is 1. The van der Waals surface area contributed by atoms with Gasteiger partial charge in [-0.2, -0.15) is 0 Å². The van der Waals surface area contributed by atoms with Crippen LogP contribution in [-0.2, 0) is 4.74 Å². The third kappa shape index (κ3) is 3.70. The van der Waals surface area contributed by atoms with E-state index in [-0.39, 0.29) is 12.0 Å². The number of aromatic nitrogens is 1. The quantitative estimate of drug-likeness (QED) is 0.896. The van der Waals surface area contributed by atoms with Gasteiger partial charge in [-0.15, -0.1) is 0 Å². The number of carbonyl (C=O) groups is 1. The van der Waals surface area contributed by atoms with Gasteiger partial charge in [0, 0.05) is 26.2 Å². The number of rotatable bonds is 5. The Kier molecular flexibility index (Phi) is 5.35. The number of nitrogens with zero attached hydrogens (tertiary/aromatic N) is 2. The number of piperidine rings is 1. The molecular weight excluding hydrogens is 254 g/mol. The fourth-order valence-corrected chi connectivity index (χ4v) is 2.49. The standard InChI is InChI=1S/C15H23N3O2/c1-3-16-14-9-5-8-13(17-14)15(19)18-10-6-7-12(11-18)20-4-2/h5,8-9,12H,3-4,6-7,10-11H2,1-2H3,(H,16,17). The molecule has 0 aliphatic carbocycles. The van der Waals surface area contributed by atoms with Crippen LogP contribution in [-0.4, -0.2) is 48.1 Å². The van der Waals surface area contributed by atoms with Gasteiger partial charge in [0.05, 0.1) is 6.10 Å². The molecule has 2 rings (SSSR count). The molecular formula is C15H23N3O2. The van der Waals surface area contributed by atoms with Gasteiger partial charge in [0.25, 0.3) is 5.91 Å². The van der Waals surface area contributed by atoms with E-state index in [0.717, 1.165) is 31.7 Å². The first-order chi connectivity index (χ1) is 9.74. The summed E-state index contributed by atoms with van der Waals surface area (Å²) in [4.78, 5) is 18.7. The minimum atomic E-state index is -0.00541. The molecule has 1 aliphatic rings. The molecule has 110 valence electrons. The molecule has 0 radical (unpaired) electrons. The van der Waals surface area contributed by atoms with Crippen molar-refractivity contribution < 1.29 is 9.53 Å². The normalized spacial score (nSPS) is 18.9. The lowest BCUT2D eigenvalue weighted by atomic mass is 10.1. The molecule has 1 fully saturated rings. The van der Waals surface area contributed by atoms with Crippen molar-refractivity contribution in [1.82, 2.24) is 9.88 Å². The van der Waals surface area contributed by atoms with Gasteiger partial charge in [0.1, 0.15) is 11.5 Å². The highest BCUT2D eigenvalue weighted by Crippen LogP contribution is 2.16. The van der Waals surface area contributed by atoms with E-state index in [1.54, 1.807) is 6.07 Å². The van der Waals surface area contributed by atoms with E-state index in [9.17, 15) is 4.79 Å². The van der Waals surface area contributed by atoms with Crippen LogP contribution in [0.5, 0.6) is 0 Å². The summed E-state index contributed by atoms with van der Waals surface area (Å²) >= 11 is 0. The highest BCUT2D eigenvalue weighted by molar-refractivity contribution is 5.92. The summed E-state index contributed by atoms with van der Waals surface area (Å²) in [7, 11) is 0. The Morgan fingerprint density at radius 3 is 3.10 bits per heavy atom. The van der Waals surface area contributed by atoms with E-state index in [2.05, 4.69) is 10.3 Å². The number of likely N-dealkylation sites (tertiary alicyclic amines) is 1. The van der Waals surface area contributed by atoms with Crippen LogP contribution in [0, 0.1) is 0 Å². The molecule has 1 amide bonds. The molecule has 20 heavy (non-hydrogen) atoms. The zero-order valence-corrected chi connectivity index (χ0v) is 12.3. The molecule has 0 bridgehead atoms. The molecule has 5 heteroatoms. The number of pyridine rings is 1. The molecule has 2 heterocycles. The summed E-state index contributed by atoms with van der Waals surface area (Å²) in [6, 6.07) is 5.51. The Morgan fingerprint density at radius 2 is 2.35 bits per heavy atom. The maximum absolute atomic E-state index is 12.5. The molecule has 1 saturated heterocycles. The van der Waals surface area contributed by atoms with Crippen LogP contribution in [0.2, 0.25) is 0 Å². The van der Waals surface area contributed by atoms with Crippen LogP contribution < -0.4 is 5.32 Å². The lowest BCUT2D eigenvalue weighted by molar-refractivity contribution is 0.00704. The van der Waals surface area contributed by atoms with Crippen molar-refractivity contribution in [2.24, 2.45) is 0 Å². The first kappa shape index (κ1) is 14.8. The molecule has 5 nitrogen and oxygen atoms in total. The van der Waals surface area contributed by atoms with Crippen LogP contribution in [0.1, 0.15) is 37.2 Å². The van der Waals surface area contributed by atoms with E-state index in [1.807, 2.05) is 30.9 Å². The summed E-state index contributed by atoms with van der Waals surface area (Å²) in [6.45, 7) is 6.94. The van der Waals surface area contributed by atoms with E-state index in [4.69, 9.17) is 4.74 Å². The number of nitrogens with one attached hydrogen (secondary N) is 1. The number of hydrogen-bond donors (Lipinski definition) is 1. The third-order valence-corrected chi connectivity index (χ3v) is 3.39. The van der Waals surface area contributed by atoms with Crippen LogP contribution in [0.15, 0.2) is 18.2 Å². The van der Waals surface area contributed by atoms with Gasteiger partial charge >= 0.3 is 0 Å². The number of carbonyl (C=O) groups excluding carboxylic acids is 1. The average molecular weight is 277 g/mol. The van der Waals surface area contributed by atoms with Crippen molar-refractivity contribution in [3.05, 3.63) is 23.9 Å². The maximum Gasteiger partial charge on any atom is 0.272 e. The second-order valence-corrected chi connectivity index (χ2v) is 4.91. The number of ether oxygens (including phenoxy) is 1. The van der Waals surface area contributed by atoms with Gasteiger partial charge in [-0.25, -0.2) is 4.98 Å². The number of amides is 1. The molecule has 0 saturated carbocycles. The van der Waals surface area contributed by atoms with Crippen molar-refractivity contribution in [3.8, 4) is 0 Å². The number of hydrogen-bond acceptors (Lipinski definition) is 4. The second kappa shape index (κ2) is 7.24. The van der Waals surface area contributed by atoms with Crippen LogP contribution in [0.4, 0.5) is 5.82 Å². The fraction of sp³-hybridized carbons (Fsp3) is 0.600. The minimum Gasteiger partial charge on any atom is -0.377 e. The van der Waals surface area contributed by atoms with Crippen LogP contribution in [0.25, 0.3) is 0 Å². The molecule has 1 N–H and O–H groups in total. The van der Waals surface area contributed by atoms with Crippen molar-refractivity contribution in [2.45, 2.75) is 32.8 Å². The van der Waals surface area contributed by atoms with Crippen molar-refractivity contribution in [1.29, 1.82) is 0 Å². The van der Waals surface area contributed by atoms with Gasteiger partial charge in [-0.3, -0.25) is 4.79 Å². The van der Waals surface area contributed by atoms with Gasteiger partial charge < -0.3 is 15.0 Å². The highest BCUT2D eigenvalue weighted by Gasteiger charge is 2.25. The zero-order chi connectivity index (χ0) is 14.4. The van der Waals surface area contributed by atoms with Gasteiger partial charge in [-0.05, 0) is 38.8 Å². The summed E-state index contributed by atoms with van der Waals surface area (Å²) in [5, 5.41) is 3.13. The zero-order valence-electron chi connectivity index (χ0n) is 12.3. The Bertz CT molecular complexity index is 448. The Labute approximate surface area is 120 Å². The lowest BCUT2D eigenvalue weighted by Gasteiger charge is -2.32. The Balaban J connectivity index is 2.04. The summed E-state index contributed by atoms with van der Waals surface area (Å²) in [5.74, 6) is 0.742. The van der Waals surface area contributed by atoms with Crippen LogP contribution >= 0.6 is 0 Å². The first-order valence-electron chi connectivity index (χ1n) is 7.36. The smallest absolute Gasteiger partial charge is 0.272 e. The summed E-state index contributed by atoms with van der Waals surface area (Å²) in [5.41, 5.74) is 0.501. The molecule has 1 aliphatic heterocycles. The van der Waals surface area contributed by atoms with Gasteiger partial charge in [0.15, 0.2) is 0 Å². The molecule has 1 aromatic heterocycles. The topological polar surface area (TPSA) is 54.5 Å². The maximum atomic E-state index is 12.5. The van der Waals surface area contributed by atoms with E-state index >= 15 is 0 Å². The first-order valence-corrected chi connectivity index (χ1v) is 7.36. The predicted molar refractivity (Wildman–Crippen MR) is 79.0 cm³/mol. The fourth-order valence-electron chi connectivity index (χ4n) is 2.49. The van der Waals surface area contributed by atoms with Crippen LogP contribution in [0.3, 0.4) is 0 Å². The Hall–Kier alpha value is -1.62. The monoisotopic (exact) mass is 277 g/mol. The molecule has 0 aromatic carbocycles. The van der Waals surface area contributed by atoms with E-state index < -0.39 is 0 Å². The molecule has 1 aromatic rings. The average Bonchev–Trinajstić information content (AvgIpc) is 2.48. The molecule has 1 unspecified atom stereocenters. The van der Waals surface area contributed by atoms with E-state index in [1.165, 1.54) is 0 Å². The summed E-state index contributed by atoms with van der Waals surface area (Å²) in [6.07, 6.45) is 2.18. The lowest BCUT2D eigenvalue weighted by Crippen LogP contribution is -2.43. The molecule has 1 atom stereocenters. The SMILES string of the molecule is CCNc1cccc(C(=O)N2CCCC(OCC)C2)n1. The third-order valence-electron chi connectivity index (χ3n) is 3.39. The van der Waals surface area contributed by atoms with Gasteiger partial charge in [0.2, 0.25) is 0 Å². The largest absolute Gasteiger partial charge is 0.377 e. The molecule has 0 spiro atoms. The van der Waals surface area contributed by atoms with Crippen molar-refractivity contribution >= 4 is 11.7 Å². The Morgan fingerprint density at radius 1 is 1.50 bits per heavy atom. The van der Waals surface area contributed by atoms with Gasteiger partial charge in [-0.1, -0.05) is 6.07 Å². The minimum absolute atomic E-state index is 0.00541. The van der Waals surface area contributed by atoms with Crippen molar-refractivity contribution in [3.63, 3.8) is 0 Å². The highest BCUT2D eigenvalue weighted by atomic mass is 16.5. The second-order valence-electron chi connectivity index (χ2n) is 4.91.